The van der Waals surface area contributed by atoms with Crippen molar-refractivity contribution in [3.05, 3.63) is 95.0 Å². The number of amides is 1. The Labute approximate surface area is 167 Å². The third kappa shape index (κ3) is 5.41. The topological polar surface area (TPSA) is 51.2 Å². The van der Waals surface area contributed by atoms with E-state index in [1.807, 2.05) is 31.2 Å². The second-order valence-electron chi connectivity index (χ2n) is 6.09. The summed E-state index contributed by atoms with van der Waals surface area (Å²) in [5.41, 5.74) is 1.17. The minimum absolute atomic E-state index is 0.256. The Morgan fingerprint density at radius 1 is 1.14 bits per heavy atom. The number of nitrogens with one attached hydrogen (secondary N) is 1. The first kappa shape index (κ1) is 19.6. The number of nitrogens with zero attached hydrogens (tertiary/aromatic N) is 1. The van der Waals surface area contributed by atoms with E-state index in [0.29, 0.717) is 22.1 Å². The van der Waals surface area contributed by atoms with Crippen molar-refractivity contribution in [2.45, 2.75) is 13.0 Å². The molecule has 0 aliphatic carbocycles. The first-order valence-corrected chi connectivity index (χ1v) is 9.00. The van der Waals surface area contributed by atoms with Crippen LogP contribution in [0.5, 0.6) is 11.5 Å². The van der Waals surface area contributed by atoms with Gasteiger partial charge in [0, 0.05) is 29.1 Å². The molecule has 28 heavy (non-hydrogen) atoms. The number of benzene rings is 2. The molecule has 0 spiro atoms. The smallest absolute Gasteiger partial charge is 0.244 e. The molecule has 1 amide bonds. The van der Waals surface area contributed by atoms with E-state index in [1.54, 1.807) is 30.6 Å². The lowest BCUT2D eigenvalue weighted by atomic mass is 10.1. The second kappa shape index (κ2) is 9.15. The third-order valence-corrected chi connectivity index (χ3v) is 4.21. The Kier molecular flexibility index (Phi) is 6.40. The summed E-state index contributed by atoms with van der Waals surface area (Å²) in [4.78, 5) is 16.1. The van der Waals surface area contributed by atoms with Crippen LogP contribution in [-0.2, 0) is 4.79 Å². The lowest BCUT2D eigenvalue weighted by Gasteiger charge is -2.14. The molecular weight excluding hydrogens is 379 g/mol. The first-order chi connectivity index (χ1) is 13.5. The van der Waals surface area contributed by atoms with Gasteiger partial charge in [0.05, 0.1) is 6.04 Å². The van der Waals surface area contributed by atoms with Crippen LogP contribution in [0.4, 0.5) is 4.39 Å². The van der Waals surface area contributed by atoms with Crippen molar-refractivity contribution < 1.29 is 13.9 Å². The molecule has 1 heterocycles. The van der Waals surface area contributed by atoms with Crippen molar-refractivity contribution in [2.24, 2.45) is 0 Å². The maximum Gasteiger partial charge on any atom is 0.244 e. The standard InChI is InChI=1S/C22H18ClFN2O2/c1-15(26-22(27)8-6-16-5-7-18(23)14-21(16)24)17-3-2-4-20(13-17)28-19-9-11-25-12-10-19/h2-15H,1H3,(H,26,27)/b8-6+/t15-/m0/s1. The molecule has 2 aromatic carbocycles. The molecule has 0 radical (unpaired) electrons. The summed E-state index contributed by atoms with van der Waals surface area (Å²) in [5.74, 6) is 0.521. The van der Waals surface area contributed by atoms with E-state index in [2.05, 4.69) is 10.3 Å². The molecule has 0 saturated carbocycles. The fourth-order valence-electron chi connectivity index (χ4n) is 2.54. The van der Waals surface area contributed by atoms with Crippen molar-refractivity contribution in [3.8, 4) is 11.5 Å². The summed E-state index contributed by atoms with van der Waals surface area (Å²) in [6.07, 6.45) is 6.01. The van der Waals surface area contributed by atoms with E-state index in [0.717, 1.165) is 5.56 Å². The Balaban J connectivity index is 1.63. The van der Waals surface area contributed by atoms with Gasteiger partial charge in [-0.25, -0.2) is 4.39 Å². The highest BCUT2D eigenvalue weighted by molar-refractivity contribution is 6.30. The lowest BCUT2D eigenvalue weighted by molar-refractivity contribution is -0.117. The van der Waals surface area contributed by atoms with Crippen LogP contribution in [0.15, 0.2) is 73.1 Å². The van der Waals surface area contributed by atoms with Crippen LogP contribution in [0.25, 0.3) is 6.08 Å². The van der Waals surface area contributed by atoms with Gasteiger partial charge in [-0.05, 0) is 55.0 Å². The van der Waals surface area contributed by atoms with Gasteiger partial charge in [-0.15, -0.1) is 0 Å². The van der Waals surface area contributed by atoms with E-state index >= 15 is 0 Å². The molecular formula is C22H18ClFN2O2. The Morgan fingerprint density at radius 2 is 1.93 bits per heavy atom. The molecule has 3 rings (SSSR count). The zero-order valence-electron chi connectivity index (χ0n) is 15.1. The van der Waals surface area contributed by atoms with Crippen LogP contribution in [0.3, 0.4) is 0 Å². The van der Waals surface area contributed by atoms with E-state index < -0.39 is 5.82 Å². The summed E-state index contributed by atoms with van der Waals surface area (Å²) >= 11 is 5.72. The maximum absolute atomic E-state index is 13.8. The molecule has 0 bridgehead atoms. The Morgan fingerprint density at radius 3 is 2.68 bits per heavy atom. The minimum Gasteiger partial charge on any atom is -0.457 e. The minimum atomic E-state index is -0.481. The van der Waals surface area contributed by atoms with Crippen molar-refractivity contribution in [1.29, 1.82) is 0 Å². The molecule has 6 heteroatoms. The first-order valence-electron chi connectivity index (χ1n) is 8.63. The summed E-state index contributed by atoms with van der Waals surface area (Å²) in [6.45, 7) is 1.86. The molecule has 4 nitrogen and oxygen atoms in total. The summed E-state index contributed by atoms with van der Waals surface area (Å²) < 4.78 is 19.5. The fraction of sp³-hybridized carbons (Fsp3) is 0.0909. The van der Waals surface area contributed by atoms with E-state index in [-0.39, 0.29) is 11.9 Å². The van der Waals surface area contributed by atoms with Crippen LogP contribution >= 0.6 is 11.6 Å². The number of pyridine rings is 1. The predicted octanol–water partition coefficient (Wildman–Crippen LogP) is 5.56. The quantitative estimate of drug-likeness (QED) is 0.555. The number of rotatable bonds is 6. The molecule has 3 aromatic rings. The van der Waals surface area contributed by atoms with Crippen LogP contribution in [0.2, 0.25) is 5.02 Å². The van der Waals surface area contributed by atoms with E-state index in [1.165, 1.54) is 24.3 Å². The molecule has 0 aliphatic heterocycles. The number of carbonyl (C=O) groups excluding carboxylic acids is 1. The van der Waals surface area contributed by atoms with Gasteiger partial charge in [0.15, 0.2) is 0 Å². The average Bonchev–Trinajstić information content (AvgIpc) is 2.68. The highest BCUT2D eigenvalue weighted by atomic mass is 35.5. The Bertz CT molecular complexity index is 993. The van der Waals surface area contributed by atoms with Crippen molar-refractivity contribution in [2.75, 3.05) is 0 Å². The van der Waals surface area contributed by atoms with Crippen LogP contribution < -0.4 is 10.1 Å². The monoisotopic (exact) mass is 396 g/mol. The molecule has 142 valence electrons. The number of hydrogen-bond donors (Lipinski definition) is 1. The zero-order valence-corrected chi connectivity index (χ0v) is 15.9. The van der Waals surface area contributed by atoms with Gasteiger partial charge in [-0.3, -0.25) is 9.78 Å². The van der Waals surface area contributed by atoms with Crippen LogP contribution in [0, 0.1) is 5.82 Å². The van der Waals surface area contributed by atoms with Gasteiger partial charge in [0.1, 0.15) is 17.3 Å². The number of ether oxygens (including phenoxy) is 1. The molecule has 0 aliphatic rings. The third-order valence-electron chi connectivity index (χ3n) is 3.98. The van der Waals surface area contributed by atoms with Crippen molar-refractivity contribution in [3.63, 3.8) is 0 Å². The summed E-state index contributed by atoms with van der Waals surface area (Å²) in [7, 11) is 0. The molecule has 0 fully saturated rings. The largest absolute Gasteiger partial charge is 0.457 e. The van der Waals surface area contributed by atoms with Gasteiger partial charge in [0.25, 0.3) is 0 Å². The predicted molar refractivity (Wildman–Crippen MR) is 108 cm³/mol. The van der Waals surface area contributed by atoms with Gasteiger partial charge in [-0.1, -0.05) is 29.8 Å². The fourth-order valence-corrected chi connectivity index (χ4v) is 2.70. The molecule has 1 N–H and O–H groups in total. The van der Waals surface area contributed by atoms with Gasteiger partial charge < -0.3 is 10.1 Å². The molecule has 1 atom stereocenters. The highest BCUT2D eigenvalue weighted by Crippen LogP contribution is 2.24. The van der Waals surface area contributed by atoms with E-state index in [4.69, 9.17) is 16.3 Å². The molecule has 1 aromatic heterocycles. The van der Waals surface area contributed by atoms with Crippen molar-refractivity contribution >= 4 is 23.6 Å². The van der Waals surface area contributed by atoms with E-state index in [9.17, 15) is 9.18 Å². The normalized spacial score (nSPS) is 12.0. The SMILES string of the molecule is C[C@H](NC(=O)/C=C/c1ccc(Cl)cc1F)c1cccc(Oc2ccncc2)c1. The van der Waals surface area contributed by atoms with Crippen molar-refractivity contribution in [1.82, 2.24) is 10.3 Å². The number of hydrogen-bond acceptors (Lipinski definition) is 3. The second-order valence-corrected chi connectivity index (χ2v) is 6.52. The number of halogens is 2. The summed E-state index contributed by atoms with van der Waals surface area (Å²) in [5, 5.41) is 3.16. The number of carbonyl (C=O) groups is 1. The van der Waals surface area contributed by atoms with Gasteiger partial charge in [0.2, 0.25) is 5.91 Å². The average molecular weight is 397 g/mol. The van der Waals surface area contributed by atoms with Gasteiger partial charge >= 0.3 is 0 Å². The maximum atomic E-state index is 13.8. The molecule has 0 saturated heterocycles. The molecule has 0 unspecified atom stereocenters. The Hall–Kier alpha value is -3.18. The van der Waals surface area contributed by atoms with Crippen LogP contribution in [-0.4, -0.2) is 10.9 Å². The lowest BCUT2D eigenvalue weighted by Crippen LogP contribution is -2.24. The van der Waals surface area contributed by atoms with Crippen LogP contribution in [0.1, 0.15) is 24.1 Å². The van der Waals surface area contributed by atoms with Gasteiger partial charge in [-0.2, -0.15) is 0 Å². The zero-order chi connectivity index (χ0) is 19.9. The summed E-state index contributed by atoms with van der Waals surface area (Å²) in [6, 6.07) is 15.0. The highest BCUT2D eigenvalue weighted by Gasteiger charge is 2.09. The number of aromatic nitrogens is 1.